The first kappa shape index (κ1) is 10.4. The Hall–Kier alpha value is -1.81. The molecule has 0 saturated carbocycles. The highest BCUT2D eigenvalue weighted by atomic mass is 16.5. The maximum atomic E-state index is 11.2. The molecule has 1 aliphatic heterocycles. The summed E-state index contributed by atoms with van der Waals surface area (Å²) in [5, 5.41) is 0. The van der Waals surface area contributed by atoms with Crippen molar-refractivity contribution in [3.63, 3.8) is 0 Å². The summed E-state index contributed by atoms with van der Waals surface area (Å²) in [7, 11) is 0. The third-order valence-electron chi connectivity index (χ3n) is 3.50. The van der Waals surface area contributed by atoms with Gasteiger partial charge in [-0.05, 0) is 6.08 Å². The van der Waals surface area contributed by atoms with E-state index in [1.807, 2.05) is 30.4 Å². The second kappa shape index (κ2) is 3.60. The molecule has 0 bridgehead atoms. The number of fused-ring (bicyclic) bond motifs is 3. The van der Waals surface area contributed by atoms with Gasteiger partial charge in [-0.1, -0.05) is 30.4 Å². The molecule has 3 rings (SSSR count). The van der Waals surface area contributed by atoms with Crippen molar-refractivity contribution in [2.45, 2.75) is 12.2 Å². The fourth-order valence-corrected chi connectivity index (χ4v) is 2.67. The Morgan fingerprint density at radius 1 is 1.12 bits per heavy atom. The minimum absolute atomic E-state index is 0.0138. The minimum Gasteiger partial charge on any atom is -0.399 e. The summed E-state index contributed by atoms with van der Waals surface area (Å²) in [6.45, 7) is 0. The average Bonchev–Trinajstić information content (AvgIpc) is 2.66. The third kappa shape index (κ3) is 1.61. The molecule has 0 aromatic rings. The first-order valence-electron chi connectivity index (χ1n) is 5.66. The monoisotopic (exact) mass is 230 g/mol. The lowest BCUT2D eigenvalue weighted by Crippen LogP contribution is -2.24. The number of carbonyl (C=O) groups excluding carboxylic acids is 1. The smallest absolute Gasteiger partial charge is 0.248 e. The van der Waals surface area contributed by atoms with Crippen LogP contribution in [-0.4, -0.2) is 18.1 Å². The predicted octanol–water partition coefficient (Wildman–Crippen LogP) is 0.380. The Labute approximate surface area is 99.3 Å². The fraction of sp³-hybridized carbons (Fsp3) is 0.308. The molecule has 0 spiro atoms. The number of nitrogens with two attached hydrogens (primary N) is 2. The minimum atomic E-state index is -0.397. The Kier molecular flexibility index (Phi) is 2.19. The highest BCUT2D eigenvalue weighted by Crippen LogP contribution is 2.40. The van der Waals surface area contributed by atoms with Crippen molar-refractivity contribution >= 4 is 5.91 Å². The van der Waals surface area contributed by atoms with Crippen LogP contribution in [0.1, 0.15) is 0 Å². The lowest BCUT2D eigenvalue weighted by Gasteiger charge is -2.21. The third-order valence-corrected chi connectivity index (χ3v) is 3.50. The van der Waals surface area contributed by atoms with Gasteiger partial charge in [0.2, 0.25) is 5.91 Å². The summed E-state index contributed by atoms with van der Waals surface area (Å²) in [6.07, 6.45) is 11.4. The van der Waals surface area contributed by atoms with Gasteiger partial charge in [0.25, 0.3) is 0 Å². The Morgan fingerprint density at radius 2 is 1.76 bits per heavy atom. The molecule has 1 amide bonds. The van der Waals surface area contributed by atoms with E-state index >= 15 is 0 Å². The van der Waals surface area contributed by atoms with Gasteiger partial charge in [0.05, 0.1) is 12.2 Å². The Balaban J connectivity index is 1.94. The summed E-state index contributed by atoms with van der Waals surface area (Å²) in [6, 6.07) is 0. The molecule has 0 aromatic heterocycles. The fourth-order valence-electron chi connectivity index (χ4n) is 2.67. The van der Waals surface area contributed by atoms with Crippen molar-refractivity contribution in [3.05, 3.63) is 47.7 Å². The number of rotatable bonds is 1. The summed E-state index contributed by atoms with van der Waals surface area (Å²) in [5.41, 5.74) is 12.4. The van der Waals surface area contributed by atoms with Crippen LogP contribution >= 0.6 is 0 Å². The van der Waals surface area contributed by atoms with E-state index in [0.29, 0.717) is 5.57 Å². The number of amides is 1. The van der Waals surface area contributed by atoms with Crippen molar-refractivity contribution in [2.75, 3.05) is 0 Å². The summed E-state index contributed by atoms with van der Waals surface area (Å²) in [4.78, 5) is 11.2. The number of ether oxygens (including phenoxy) is 1. The first-order chi connectivity index (χ1) is 8.15. The number of hydrogen-bond acceptors (Lipinski definition) is 3. The van der Waals surface area contributed by atoms with Gasteiger partial charge in [-0.15, -0.1) is 0 Å². The van der Waals surface area contributed by atoms with Gasteiger partial charge in [0, 0.05) is 23.1 Å². The van der Waals surface area contributed by atoms with Crippen LogP contribution in [0.15, 0.2) is 47.7 Å². The zero-order chi connectivity index (χ0) is 12.0. The highest BCUT2D eigenvalue weighted by molar-refractivity contribution is 5.95. The number of carbonyl (C=O) groups is 1. The van der Waals surface area contributed by atoms with E-state index in [0.717, 1.165) is 5.70 Å². The van der Waals surface area contributed by atoms with Crippen LogP contribution in [0, 0.1) is 11.8 Å². The van der Waals surface area contributed by atoms with Crippen LogP contribution in [0.5, 0.6) is 0 Å². The molecule has 0 aromatic carbocycles. The van der Waals surface area contributed by atoms with Gasteiger partial charge in [0.15, 0.2) is 0 Å². The topological polar surface area (TPSA) is 78.3 Å². The van der Waals surface area contributed by atoms with Gasteiger partial charge >= 0.3 is 0 Å². The molecule has 3 aliphatic rings. The Bertz CT molecular complexity index is 488. The largest absolute Gasteiger partial charge is 0.399 e. The van der Waals surface area contributed by atoms with Crippen LogP contribution in [-0.2, 0) is 9.53 Å². The molecule has 1 fully saturated rings. The van der Waals surface area contributed by atoms with Crippen LogP contribution in [0.25, 0.3) is 0 Å². The molecule has 2 aliphatic carbocycles. The van der Waals surface area contributed by atoms with E-state index in [1.165, 1.54) is 0 Å². The molecule has 4 N–H and O–H groups in total. The van der Waals surface area contributed by atoms with E-state index < -0.39 is 5.91 Å². The molecule has 0 radical (unpaired) electrons. The standard InChI is InChI=1S/C13H14N2O2/c14-8-2-4-12-10(6-8)9-5-7(13(15)16)1-3-11(9)17-12/h1-6,9-12H,14H2,(H2,15,16). The van der Waals surface area contributed by atoms with Crippen molar-refractivity contribution in [2.24, 2.45) is 23.3 Å². The molecule has 1 heterocycles. The van der Waals surface area contributed by atoms with Crippen molar-refractivity contribution in [1.29, 1.82) is 0 Å². The van der Waals surface area contributed by atoms with Gasteiger partial charge in [-0.3, -0.25) is 4.79 Å². The number of primary amides is 1. The van der Waals surface area contributed by atoms with Gasteiger partial charge in [-0.2, -0.15) is 0 Å². The molecule has 88 valence electrons. The van der Waals surface area contributed by atoms with E-state index in [-0.39, 0.29) is 24.0 Å². The molecule has 17 heavy (non-hydrogen) atoms. The van der Waals surface area contributed by atoms with Crippen LogP contribution in [0.2, 0.25) is 0 Å². The van der Waals surface area contributed by atoms with E-state index in [2.05, 4.69) is 0 Å². The number of allylic oxidation sites excluding steroid dienone is 1. The molecule has 4 nitrogen and oxygen atoms in total. The highest BCUT2D eigenvalue weighted by Gasteiger charge is 2.42. The van der Waals surface area contributed by atoms with Crippen LogP contribution in [0.4, 0.5) is 0 Å². The quantitative estimate of drug-likeness (QED) is 0.683. The Morgan fingerprint density at radius 3 is 2.47 bits per heavy atom. The number of hydrogen-bond donors (Lipinski definition) is 2. The SMILES string of the molecule is NC(=O)C1=CC2C(C=C1)OC1C=CC(N)=CC12. The van der Waals surface area contributed by atoms with Crippen molar-refractivity contribution < 1.29 is 9.53 Å². The summed E-state index contributed by atoms with van der Waals surface area (Å²) in [5.74, 6) is -0.0493. The lowest BCUT2D eigenvalue weighted by atomic mass is 9.81. The van der Waals surface area contributed by atoms with Gasteiger partial charge in [-0.25, -0.2) is 0 Å². The molecule has 4 atom stereocenters. The maximum absolute atomic E-state index is 11.2. The second-order valence-electron chi connectivity index (χ2n) is 4.59. The van der Waals surface area contributed by atoms with Crippen molar-refractivity contribution in [1.82, 2.24) is 0 Å². The molecular weight excluding hydrogens is 216 g/mol. The molecule has 4 heteroatoms. The molecule has 4 unspecified atom stereocenters. The summed E-state index contributed by atoms with van der Waals surface area (Å²) < 4.78 is 5.88. The maximum Gasteiger partial charge on any atom is 0.248 e. The molecule has 1 saturated heterocycles. The normalized spacial score (nSPS) is 38.1. The lowest BCUT2D eigenvalue weighted by molar-refractivity contribution is -0.114. The van der Waals surface area contributed by atoms with Crippen LogP contribution < -0.4 is 11.5 Å². The van der Waals surface area contributed by atoms with E-state index in [1.54, 1.807) is 6.08 Å². The first-order valence-corrected chi connectivity index (χ1v) is 5.66. The zero-order valence-electron chi connectivity index (χ0n) is 9.24. The summed E-state index contributed by atoms with van der Waals surface area (Å²) >= 11 is 0. The van der Waals surface area contributed by atoms with Crippen molar-refractivity contribution in [3.8, 4) is 0 Å². The van der Waals surface area contributed by atoms with Crippen LogP contribution in [0.3, 0.4) is 0 Å². The second-order valence-corrected chi connectivity index (χ2v) is 4.59. The predicted molar refractivity (Wildman–Crippen MR) is 63.5 cm³/mol. The van der Waals surface area contributed by atoms with E-state index in [4.69, 9.17) is 16.2 Å². The molecular formula is C13H14N2O2. The van der Waals surface area contributed by atoms with Gasteiger partial charge in [0.1, 0.15) is 0 Å². The van der Waals surface area contributed by atoms with Gasteiger partial charge < -0.3 is 16.2 Å². The zero-order valence-corrected chi connectivity index (χ0v) is 9.24. The average molecular weight is 230 g/mol. The van der Waals surface area contributed by atoms with E-state index in [9.17, 15) is 4.79 Å².